The summed E-state index contributed by atoms with van der Waals surface area (Å²) in [6.45, 7) is 2.26. The van der Waals surface area contributed by atoms with Crippen molar-refractivity contribution < 1.29 is 9.90 Å². The molecule has 0 saturated heterocycles. The Morgan fingerprint density at radius 2 is 1.24 bits per heavy atom. The van der Waals surface area contributed by atoms with Crippen molar-refractivity contribution in [3.63, 3.8) is 0 Å². The van der Waals surface area contributed by atoms with Crippen LogP contribution < -0.4 is 5.73 Å². The largest absolute Gasteiger partial charge is 0.481 e. The molecule has 21 heavy (non-hydrogen) atoms. The fourth-order valence-corrected chi connectivity index (χ4v) is 2.72. The molecule has 0 aliphatic carbocycles. The van der Waals surface area contributed by atoms with E-state index >= 15 is 0 Å². The molecule has 1 unspecified atom stereocenters. The van der Waals surface area contributed by atoms with Crippen molar-refractivity contribution in [2.45, 2.75) is 109 Å². The van der Waals surface area contributed by atoms with Gasteiger partial charge in [-0.1, -0.05) is 77.6 Å². The topological polar surface area (TPSA) is 63.3 Å². The molecule has 126 valence electrons. The van der Waals surface area contributed by atoms with Crippen LogP contribution in [0.5, 0.6) is 0 Å². The zero-order valence-electron chi connectivity index (χ0n) is 14.1. The fourth-order valence-electron chi connectivity index (χ4n) is 2.72. The van der Waals surface area contributed by atoms with Gasteiger partial charge in [0.05, 0.1) is 0 Å². The molecule has 0 rings (SSSR count). The van der Waals surface area contributed by atoms with Gasteiger partial charge in [0.1, 0.15) is 0 Å². The highest BCUT2D eigenvalue weighted by molar-refractivity contribution is 5.66. The standard InChI is InChI=1S/C18H37NO2/c1-2-3-4-5-6-7-8-9-11-14-17(19)15-12-10-13-16-18(20)21/h17H,2-16,19H2,1H3,(H,20,21). The summed E-state index contributed by atoms with van der Waals surface area (Å²) in [7, 11) is 0. The first kappa shape index (κ1) is 20.4. The lowest BCUT2D eigenvalue weighted by atomic mass is 10.0. The minimum Gasteiger partial charge on any atom is -0.481 e. The Kier molecular flexibility index (Phi) is 15.4. The molecular formula is C18H37NO2. The normalized spacial score (nSPS) is 12.5. The van der Waals surface area contributed by atoms with E-state index in [1.165, 1.54) is 57.8 Å². The summed E-state index contributed by atoms with van der Waals surface area (Å²) in [5, 5.41) is 8.54. The molecule has 3 N–H and O–H groups in total. The number of hydrogen-bond acceptors (Lipinski definition) is 2. The molecule has 0 aliphatic rings. The van der Waals surface area contributed by atoms with Crippen LogP contribution in [0.15, 0.2) is 0 Å². The van der Waals surface area contributed by atoms with Crippen LogP contribution in [0, 0.1) is 0 Å². The average Bonchev–Trinajstić information content (AvgIpc) is 2.45. The lowest BCUT2D eigenvalue weighted by Crippen LogP contribution is -2.19. The van der Waals surface area contributed by atoms with Crippen LogP contribution in [0.2, 0.25) is 0 Å². The molecule has 0 fully saturated rings. The Morgan fingerprint density at radius 1 is 0.810 bits per heavy atom. The van der Waals surface area contributed by atoms with Gasteiger partial charge < -0.3 is 10.8 Å². The predicted molar refractivity (Wildman–Crippen MR) is 90.5 cm³/mol. The monoisotopic (exact) mass is 299 g/mol. The number of carboxylic acid groups (broad SMARTS) is 1. The average molecular weight is 299 g/mol. The van der Waals surface area contributed by atoms with Gasteiger partial charge in [-0.15, -0.1) is 0 Å². The number of nitrogens with two attached hydrogens (primary N) is 1. The Morgan fingerprint density at radius 3 is 1.71 bits per heavy atom. The zero-order chi connectivity index (χ0) is 15.8. The van der Waals surface area contributed by atoms with Gasteiger partial charge in [-0.05, 0) is 19.3 Å². The number of unbranched alkanes of at least 4 members (excludes halogenated alkanes) is 10. The van der Waals surface area contributed by atoms with E-state index in [9.17, 15) is 4.79 Å². The summed E-state index contributed by atoms with van der Waals surface area (Å²) in [5.74, 6) is -0.686. The lowest BCUT2D eigenvalue weighted by Gasteiger charge is -2.11. The van der Waals surface area contributed by atoms with Crippen LogP contribution in [0.25, 0.3) is 0 Å². The smallest absolute Gasteiger partial charge is 0.303 e. The van der Waals surface area contributed by atoms with Crippen molar-refractivity contribution in [2.24, 2.45) is 5.73 Å². The van der Waals surface area contributed by atoms with E-state index in [2.05, 4.69) is 6.92 Å². The first-order valence-electron chi connectivity index (χ1n) is 9.14. The molecule has 0 aromatic carbocycles. The summed E-state index contributed by atoms with van der Waals surface area (Å²) in [6, 6.07) is 0.319. The van der Waals surface area contributed by atoms with E-state index in [1.54, 1.807) is 0 Å². The van der Waals surface area contributed by atoms with Gasteiger partial charge in [0.15, 0.2) is 0 Å². The van der Waals surface area contributed by atoms with Crippen LogP contribution in [0.4, 0.5) is 0 Å². The molecule has 3 nitrogen and oxygen atoms in total. The minimum atomic E-state index is -0.686. The molecule has 0 bridgehead atoms. The van der Waals surface area contributed by atoms with E-state index in [0.717, 1.165) is 32.1 Å². The molecule has 0 aromatic rings. The third-order valence-corrected chi connectivity index (χ3v) is 4.14. The van der Waals surface area contributed by atoms with Gasteiger partial charge in [0.25, 0.3) is 0 Å². The van der Waals surface area contributed by atoms with Crippen LogP contribution in [-0.4, -0.2) is 17.1 Å². The maximum atomic E-state index is 10.4. The molecule has 0 spiro atoms. The second-order valence-corrected chi connectivity index (χ2v) is 6.37. The summed E-state index contributed by atoms with van der Waals surface area (Å²) in [4.78, 5) is 10.4. The van der Waals surface area contributed by atoms with Crippen molar-refractivity contribution in [2.75, 3.05) is 0 Å². The van der Waals surface area contributed by atoms with E-state index in [0.29, 0.717) is 12.5 Å². The number of hydrogen-bond donors (Lipinski definition) is 2. The number of aliphatic carboxylic acids is 1. The molecule has 0 aromatic heterocycles. The van der Waals surface area contributed by atoms with E-state index in [4.69, 9.17) is 10.8 Å². The number of carboxylic acids is 1. The van der Waals surface area contributed by atoms with E-state index in [-0.39, 0.29) is 0 Å². The van der Waals surface area contributed by atoms with Crippen LogP contribution in [-0.2, 0) is 4.79 Å². The highest BCUT2D eigenvalue weighted by Gasteiger charge is 2.03. The fraction of sp³-hybridized carbons (Fsp3) is 0.944. The molecule has 3 heteroatoms. The molecular weight excluding hydrogens is 262 g/mol. The molecule has 0 saturated carbocycles. The van der Waals surface area contributed by atoms with E-state index < -0.39 is 5.97 Å². The Balaban J connectivity index is 3.15. The summed E-state index contributed by atoms with van der Waals surface area (Å²) < 4.78 is 0. The van der Waals surface area contributed by atoms with Crippen molar-refractivity contribution in [1.82, 2.24) is 0 Å². The number of carbonyl (C=O) groups is 1. The number of rotatable bonds is 16. The zero-order valence-corrected chi connectivity index (χ0v) is 14.1. The van der Waals surface area contributed by atoms with Crippen molar-refractivity contribution in [3.8, 4) is 0 Å². The first-order valence-corrected chi connectivity index (χ1v) is 9.14. The predicted octanol–water partition coefficient (Wildman–Crippen LogP) is 5.27. The maximum absolute atomic E-state index is 10.4. The highest BCUT2D eigenvalue weighted by Crippen LogP contribution is 2.13. The van der Waals surface area contributed by atoms with E-state index in [1.807, 2.05) is 0 Å². The van der Waals surface area contributed by atoms with Gasteiger partial charge in [0.2, 0.25) is 0 Å². The van der Waals surface area contributed by atoms with Gasteiger partial charge >= 0.3 is 5.97 Å². The summed E-state index contributed by atoms with van der Waals surface area (Å²) in [5.41, 5.74) is 6.10. The van der Waals surface area contributed by atoms with Crippen molar-refractivity contribution in [3.05, 3.63) is 0 Å². The molecule has 0 heterocycles. The van der Waals surface area contributed by atoms with Gasteiger partial charge in [0, 0.05) is 12.5 Å². The second-order valence-electron chi connectivity index (χ2n) is 6.37. The molecule has 0 radical (unpaired) electrons. The van der Waals surface area contributed by atoms with Crippen LogP contribution in [0.3, 0.4) is 0 Å². The molecule has 0 amide bonds. The highest BCUT2D eigenvalue weighted by atomic mass is 16.4. The SMILES string of the molecule is CCCCCCCCCCCC(N)CCCCCC(=O)O. The first-order chi connectivity index (χ1) is 10.2. The lowest BCUT2D eigenvalue weighted by molar-refractivity contribution is -0.137. The van der Waals surface area contributed by atoms with Gasteiger partial charge in [-0.3, -0.25) is 4.79 Å². The molecule has 0 aliphatic heterocycles. The van der Waals surface area contributed by atoms with Gasteiger partial charge in [-0.25, -0.2) is 0 Å². The minimum absolute atomic E-state index is 0.299. The van der Waals surface area contributed by atoms with Crippen molar-refractivity contribution >= 4 is 5.97 Å². The Labute approximate surface area is 131 Å². The Hall–Kier alpha value is -0.570. The summed E-state index contributed by atoms with van der Waals surface area (Å²) in [6.07, 6.45) is 17.6. The van der Waals surface area contributed by atoms with Gasteiger partial charge in [-0.2, -0.15) is 0 Å². The van der Waals surface area contributed by atoms with Crippen molar-refractivity contribution in [1.29, 1.82) is 0 Å². The van der Waals surface area contributed by atoms with Crippen LogP contribution in [0.1, 0.15) is 103 Å². The third-order valence-electron chi connectivity index (χ3n) is 4.14. The Bertz CT molecular complexity index is 231. The maximum Gasteiger partial charge on any atom is 0.303 e. The quantitative estimate of drug-likeness (QED) is 0.382. The van der Waals surface area contributed by atoms with Crippen LogP contribution >= 0.6 is 0 Å². The molecule has 1 atom stereocenters. The third kappa shape index (κ3) is 17.4. The second kappa shape index (κ2) is 15.8. The summed E-state index contributed by atoms with van der Waals surface area (Å²) >= 11 is 0.